The summed E-state index contributed by atoms with van der Waals surface area (Å²) >= 11 is 0. The van der Waals surface area contributed by atoms with Crippen LogP contribution in [-0.2, 0) is 13.0 Å². The van der Waals surface area contributed by atoms with Gasteiger partial charge in [-0.2, -0.15) is 5.10 Å². The number of pyridine rings is 1. The van der Waals surface area contributed by atoms with Gasteiger partial charge >= 0.3 is 0 Å². The van der Waals surface area contributed by atoms with E-state index in [0.717, 1.165) is 48.1 Å². The highest BCUT2D eigenvalue weighted by atomic mass is 15.3. The van der Waals surface area contributed by atoms with Gasteiger partial charge in [-0.25, -0.2) is 14.7 Å². The second kappa shape index (κ2) is 10.6. The average Bonchev–Trinajstić information content (AvgIpc) is 3.10. The minimum absolute atomic E-state index is 0.328. The van der Waals surface area contributed by atoms with Gasteiger partial charge in [-0.1, -0.05) is 36.4 Å². The summed E-state index contributed by atoms with van der Waals surface area (Å²) in [5, 5.41) is 11.3. The van der Waals surface area contributed by atoms with Gasteiger partial charge in [0.1, 0.15) is 0 Å². The van der Waals surface area contributed by atoms with E-state index in [1.54, 1.807) is 0 Å². The van der Waals surface area contributed by atoms with Crippen molar-refractivity contribution in [2.75, 3.05) is 6.54 Å². The van der Waals surface area contributed by atoms with Crippen LogP contribution in [0.3, 0.4) is 0 Å². The Morgan fingerprint density at radius 1 is 1.10 bits per heavy atom. The van der Waals surface area contributed by atoms with Crippen LogP contribution < -0.4 is 10.6 Å². The Morgan fingerprint density at radius 3 is 2.53 bits per heavy atom. The number of hydrogen-bond donors (Lipinski definition) is 2. The first-order valence-corrected chi connectivity index (χ1v) is 10.6. The molecule has 6 nitrogen and oxygen atoms in total. The number of rotatable bonds is 8. The SMILES string of the molecule is CCNC(=NCc1ccc(-n2nc(C)cc2C)nc1)NC(C)CCc1ccccc1. The van der Waals surface area contributed by atoms with Gasteiger partial charge in [-0.3, -0.25) is 0 Å². The predicted octanol–water partition coefficient (Wildman–Crippen LogP) is 3.96. The number of aromatic nitrogens is 3. The highest BCUT2D eigenvalue weighted by Gasteiger charge is 2.07. The molecule has 0 aliphatic rings. The van der Waals surface area contributed by atoms with Crippen molar-refractivity contribution in [3.8, 4) is 5.82 Å². The summed E-state index contributed by atoms with van der Waals surface area (Å²) in [5.74, 6) is 1.66. The van der Waals surface area contributed by atoms with Crippen LogP contribution in [0, 0.1) is 13.8 Å². The molecule has 0 aliphatic carbocycles. The third kappa shape index (κ3) is 6.17. The van der Waals surface area contributed by atoms with Gasteiger partial charge in [0.05, 0.1) is 12.2 Å². The molecule has 0 fully saturated rings. The summed E-state index contributed by atoms with van der Waals surface area (Å²) < 4.78 is 1.86. The van der Waals surface area contributed by atoms with Gasteiger partial charge < -0.3 is 10.6 Å². The van der Waals surface area contributed by atoms with Crippen LogP contribution in [0.25, 0.3) is 5.82 Å². The molecule has 2 aromatic heterocycles. The van der Waals surface area contributed by atoms with Crippen LogP contribution in [0.4, 0.5) is 0 Å². The fraction of sp³-hybridized carbons (Fsp3) is 0.375. The van der Waals surface area contributed by atoms with Crippen molar-refractivity contribution in [2.45, 2.75) is 53.1 Å². The van der Waals surface area contributed by atoms with Gasteiger partial charge in [0.25, 0.3) is 0 Å². The zero-order chi connectivity index (χ0) is 21.3. The predicted molar refractivity (Wildman–Crippen MR) is 123 cm³/mol. The second-order valence-corrected chi connectivity index (χ2v) is 7.63. The molecule has 30 heavy (non-hydrogen) atoms. The molecule has 0 aliphatic heterocycles. The van der Waals surface area contributed by atoms with E-state index in [9.17, 15) is 0 Å². The van der Waals surface area contributed by atoms with Crippen LogP contribution in [0.2, 0.25) is 0 Å². The molecular formula is C24H32N6. The van der Waals surface area contributed by atoms with E-state index < -0.39 is 0 Å². The van der Waals surface area contributed by atoms with Crippen LogP contribution in [0.15, 0.2) is 59.7 Å². The molecule has 0 radical (unpaired) electrons. The first kappa shape index (κ1) is 21.6. The van der Waals surface area contributed by atoms with E-state index in [2.05, 4.69) is 71.0 Å². The summed E-state index contributed by atoms with van der Waals surface area (Å²) in [4.78, 5) is 9.30. The minimum Gasteiger partial charge on any atom is -0.357 e. The minimum atomic E-state index is 0.328. The zero-order valence-corrected chi connectivity index (χ0v) is 18.4. The summed E-state index contributed by atoms with van der Waals surface area (Å²) in [7, 11) is 0. The van der Waals surface area contributed by atoms with Crippen LogP contribution in [-0.4, -0.2) is 33.3 Å². The lowest BCUT2D eigenvalue weighted by Crippen LogP contribution is -2.42. The lowest BCUT2D eigenvalue weighted by molar-refractivity contribution is 0.593. The standard InChI is InChI=1S/C24H32N6/c1-5-25-24(28-18(2)11-12-21-9-7-6-8-10-21)27-17-22-13-14-23(26-16-22)30-20(4)15-19(3)29-30/h6-10,13-16,18H,5,11-12,17H2,1-4H3,(H2,25,27,28). The number of aliphatic imine (C=N–C) groups is 1. The zero-order valence-electron chi connectivity index (χ0n) is 18.4. The first-order chi connectivity index (χ1) is 14.5. The fourth-order valence-corrected chi connectivity index (χ4v) is 3.32. The molecule has 1 atom stereocenters. The number of nitrogens with one attached hydrogen (secondary N) is 2. The van der Waals surface area contributed by atoms with E-state index >= 15 is 0 Å². The lowest BCUT2D eigenvalue weighted by Gasteiger charge is -2.18. The van der Waals surface area contributed by atoms with Crippen molar-refractivity contribution < 1.29 is 0 Å². The molecule has 0 spiro atoms. The summed E-state index contributed by atoms with van der Waals surface area (Å²) in [5.41, 5.74) is 4.50. The van der Waals surface area contributed by atoms with Gasteiger partial charge in [0.2, 0.25) is 0 Å². The van der Waals surface area contributed by atoms with Gasteiger partial charge in [-0.15, -0.1) is 0 Å². The van der Waals surface area contributed by atoms with Gasteiger partial charge in [0, 0.05) is 24.5 Å². The molecular weight excluding hydrogens is 372 g/mol. The van der Waals surface area contributed by atoms with E-state index in [1.807, 2.05) is 36.9 Å². The van der Waals surface area contributed by atoms with Gasteiger partial charge in [-0.05, 0) is 63.8 Å². The van der Waals surface area contributed by atoms with Crippen molar-refractivity contribution in [3.63, 3.8) is 0 Å². The molecule has 0 saturated carbocycles. The van der Waals surface area contributed by atoms with E-state index in [0.29, 0.717) is 12.6 Å². The third-order valence-electron chi connectivity index (χ3n) is 4.89. The van der Waals surface area contributed by atoms with Crippen molar-refractivity contribution >= 4 is 5.96 Å². The summed E-state index contributed by atoms with van der Waals surface area (Å²) in [6.45, 7) is 9.70. The van der Waals surface area contributed by atoms with Crippen molar-refractivity contribution in [1.29, 1.82) is 0 Å². The molecule has 6 heteroatoms. The van der Waals surface area contributed by atoms with Crippen LogP contribution in [0.1, 0.15) is 42.8 Å². The maximum absolute atomic E-state index is 4.73. The Balaban J connectivity index is 1.57. The number of benzene rings is 1. The largest absolute Gasteiger partial charge is 0.357 e. The number of nitrogens with zero attached hydrogens (tertiary/aromatic N) is 4. The van der Waals surface area contributed by atoms with E-state index in [4.69, 9.17) is 4.99 Å². The fourth-order valence-electron chi connectivity index (χ4n) is 3.32. The molecule has 1 aromatic carbocycles. The number of hydrogen-bond acceptors (Lipinski definition) is 3. The monoisotopic (exact) mass is 404 g/mol. The Hall–Kier alpha value is -3.15. The van der Waals surface area contributed by atoms with E-state index in [-0.39, 0.29) is 0 Å². The number of guanidine groups is 1. The van der Waals surface area contributed by atoms with Crippen molar-refractivity contribution in [2.24, 2.45) is 4.99 Å². The van der Waals surface area contributed by atoms with Crippen molar-refractivity contribution in [3.05, 3.63) is 77.2 Å². The molecule has 1 unspecified atom stereocenters. The van der Waals surface area contributed by atoms with Crippen LogP contribution in [0.5, 0.6) is 0 Å². The second-order valence-electron chi connectivity index (χ2n) is 7.63. The molecule has 2 heterocycles. The quantitative estimate of drug-likeness (QED) is 0.440. The first-order valence-electron chi connectivity index (χ1n) is 10.6. The number of aryl methyl sites for hydroxylation is 3. The maximum Gasteiger partial charge on any atom is 0.191 e. The molecule has 158 valence electrons. The summed E-state index contributed by atoms with van der Waals surface area (Å²) in [6.07, 6.45) is 3.97. The molecule has 0 amide bonds. The normalized spacial score (nSPS) is 12.6. The average molecular weight is 405 g/mol. The van der Waals surface area contributed by atoms with Gasteiger partial charge in [0.15, 0.2) is 11.8 Å². The van der Waals surface area contributed by atoms with E-state index in [1.165, 1.54) is 5.56 Å². The smallest absolute Gasteiger partial charge is 0.191 e. The maximum atomic E-state index is 4.73. The molecule has 3 aromatic rings. The lowest BCUT2D eigenvalue weighted by atomic mass is 10.1. The Labute approximate surface area is 179 Å². The summed E-state index contributed by atoms with van der Waals surface area (Å²) in [6, 6.07) is 17.0. The Kier molecular flexibility index (Phi) is 7.60. The molecule has 2 N–H and O–H groups in total. The highest BCUT2D eigenvalue weighted by Crippen LogP contribution is 2.11. The molecule has 0 bridgehead atoms. The Bertz CT molecular complexity index is 944. The Morgan fingerprint density at radius 2 is 1.90 bits per heavy atom. The third-order valence-corrected chi connectivity index (χ3v) is 4.89. The topological polar surface area (TPSA) is 67.1 Å². The van der Waals surface area contributed by atoms with Crippen molar-refractivity contribution in [1.82, 2.24) is 25.4 Å². The molecule has 3 rings (SSSR count). The highest BCUT2D eigenvalue weighted by molar-refractivity contribution is 5.80. The molecule has 0 saturated heterocycles. The van der Waals surface area contributed by atoms with Crippen LogP contribution >= 0.6 is 0 Å².